The highest BCUT2D eigenvalue weighted by atomic mass is 16.5. The van der Waals surface area contributed by atoms with E-state index in [4.69, 9.17) is 4.74 Å². The molecule has 2 aromatic carbocycles. The first-order valence-corrected chi connectivity index (χ1v) is 11.5. The van der Waals surface area contributed by atoms with E-state index in [0.29, 0.717) is 19.3 Å². The van der Waals surface area contributed by atoms with Gasteiger partial charge in [0.1, 0.15) is 12.6 Å². The Hall–Kier alpha value is -3.35. The molecule has 33 heavy (non-hydrogen) atoms. The molecule has 7 heteroatoms. The minimum Gasteiger partial charge on any atom is -0.480 e. The van der Waals surface area contributed by atoms with Crippen molar-refractivity contribution >= 4 is 18.0 Å². The highest BCUT2D eigenvalue weighted by molar-refractivity contribution is 5.86. The van der Waals surface area contributed by atoms with Gasteiger partial charge in [-0.2, -0.15) is 0 Å². The fourth-order valence-corrected chi connectivity index (χ4v) is 4.71. The Balaban J connectivity index is 1.26. The molecule has 1 fully saturated rings. The molecule has 2 amide bonds. The van der Waals surface area contributed by atoms with Crippen LogP contribution in [0.4, 0.5) is 4.79 Å². The normalized spacial score (nSPS) is 20.5. The molecule has 3 N–H and O–H groups in total. The topological polar surface area (TPSA) is 105 Å². The Labute approximate surface area is 193 Å². The van der Waals surface area contributed by atoms with E-state index in [2.05, 4.69) is 34.9 Å². The number of amides is 2. The van der Waals surface area contributed by atoms with E-state index < -0.39 is 18.1 Å². The van der Waals surface area contributed by atoms with Gasteiger partial charge >= 0.3 is 12.1 Å². The molecule has 2 aromatic rings. The molecule has 0 aromatic heterocycles. The summed E-state index contributed by atoms with van der Waals surface area (Å²) in [4.78, 5) is 36.2. The number of rotatable bonds is 8. The molecule has 0 radical (unpaired) electrons. The van der Waals surface area contributed by atoms with Gasteiger partial charge < -0.3 is 20.5 Å². The second-order valence-corrected chi connectivity index (χ2v) is 9.05. The van der Waals surface area contributed by atoms with Gasteiger partial charge in [-0.1, -0.05) is 68.8 Å². The van der Waals surface area contributed by atoms with E-state index in [1.165, 1.54) is 11.1 Å². The first-order chi connectivity index (χ1) is 15.9. The summed E-state index contributed by atoms with van der Waals surface area (Å²) in [7, 11) is 0. The van der Waals surface area contributed by atoms with Crippen molar-refractivity contribution in [3.8, 4) is 11.1 Å². The average Bonchev–Trinajstić information content (AvgIpc) is 3.11. The SMILES string of the molecule is CCC(C)C(NC(=O)C1CC(NC(=O)OCC2c3ccccc3-c3ccccc32)C1)C(=O)O. The second-order valence-electron chi connectivity index (χ2n) is 9.05. The van der Waals surface area contributed by atoms with Crippen LogP contribution >= 0.6 is 0 Å². The molecular weight excluding hydrogens is 420 g/mol. The maximum atomic E-state index is 12.4. The molecule has 0 heterocycles. The molecule has 4 rings (SSSR count). The lowest BCUT2D eigenvalue weighted by molar-refractivity contribution is -0.144. The average molecular weight is 451 g/mol. The Kier molecular flexibility index (Phi) is 6.67. The number of carboxylic acid groups (broad SMARTS) is 1. The molecule has 2 aliphatic rings. The Morgan fingerprint density at radius 3 is 2.15 bits per heavy atom. The number of hydrogen-bond donors (Lipinski definition) is 3. The third-order valence-corrected chi connectivity index (χ3v) is 6.95. The number of hydrogen-bond acceptors (Lipinski definition) is 4. The second kappa shape index (κ2) is 9.65. The van der Waals surface area contributed by atoms with Crippen LogP contribution in [0.5, 0.6) is 0 Å². The van der Waals surface area contributed by atoms with Gasteiger partial charge in [0.05, 0.1) is 0 Å². The van der Waals surface area contributed by atoms with Crippen LogP contribution in [0.3, 0.4) is 0 Å². The first kappa shape index (κ1) is 22.8. The number of ether oxygens (including phenoxy) is 1. The van der Waals surface area contributed by atoms with Crippen molar-refractivity contribution in [1.29, 1.82) is 0 Å². The number of carbonyl (C=O) groups is 3. The molecule has 2 atom stereocenters. The van der Waals surface area contributed by atoms with Crippen molar-refractivity contribution in [3.05, 3.63) is 59.7 Å². The van der Waals surface area contributed by atoms with E-state index in [0.717, 1.165) is 11.1 Å². The van der Waals surface area contributed by atoms with Crippen LogP contribution < -0.4 is 10.6 Å². The molecule has 0 saturated heterocycles. The molecule has 2 unspecified atom stereocenters. The van der Waals surface area contributed by atoms with Gasteiger partial charge in [0.15, 0.2) is 0 Å². The quantitative estimate of drug-likeness (QED) is 0.565. The number of aliphatic carboxylic acids is 1. The zero-order valence-electron chi connectivity index (χ0n) is 18.9. The molecule has 0 aliphatic heterocycles. The van der Waals surface area contributed by atoms with Crippen molar-refractivity contribution < 1.29 is 24.2 Å². The van der Waals surface area contributed by atoms with Crippen molar-refractivity contribution in [2.45, 2.75) is 51.1 Å². The van der Waals surface area contributed by atoms with E-state index in [1.54, 1.807) is 6.92 Å². The standard InChI is InChI=1S/C26H30N2O5/c1-3-15(2)23(25(30)31)28-24(29)16-12-17(13-16)27-26(32)33-14-22-20-10-6-4-8-18(20)19-9-5-7-11-21(19)22/h4-11,15-17,22-23H,3,12-14H2,1-2H3,(H,27,32)(H,28,29)(H,30,31). The molecule has 1 saturated carbocycles. The molecule has 0 bridgehead atoms. The monoisotopic (exact) mass is 450 g/mol. The molecule has 2 aliphatic carbocycles. The summed E-state index contributed by atoms with van der Waals surface area (Å²) >= 11 is 0. The van der Waals surface area contributed by atoms with E-state index in [-0.39, 0.29) is 36.3 Å². The summed E-state index contributed by atoms with van der Waals surface area (Å²) in [6.45, 7) is 3.94. The van der Waals surface area contributed by atoms with E-state index >= 15 is 0 Å². The fraction of sp³-hybridized carbons (Fsp3) is 0.423. The highest BCUT2D eigenvalue weighted by Crippen LogP contribution is 2.44. The summed E-state index contributed by atoms with van der Waals surface area (Å²) < 4.78 is 5.56. The Bertz CT molecular complexity index is 1000. The molecule has 0 spiro atoms. The van der Waals surface area contributed by atoms with Gasteiger partial charge in [0, 0.05) is 17.9 Å². The summed E-state index contributed by atoms with van der Waals surface area (Å²) in [6.07, 6.45) is 1.11. The lowest BCUT2D eigenvalue weighted by atomic mass is 9.79. The third-order valence-electron chi connectivity index (χ3n) is 6.95. The van der Waals surface area contributed by atoms with Crippen LogP contribution in [-0.4, -0.2) is 41.8 Å². The summed E-state index contributed by atoms with van der Waals surface area (Å²) in [5.74, 6) is -1.74. The highest BCUT2D eigenvalue weighted by Gasteiger charge is 2.38. The van der Waals surface area contributed by atoms with Gasteiger partial charge in [-0.05, 0) is 41.0 Å². The van der Waals surface area contributed by atoms with Gasteiger partial charge in [0.2, 0.25) is 5.91 Å². The Morgan fingerprint density at radius 2 is 1.61 bits per heavy atom. The first-order valence-electron chi connectivity index (χ1n) is 11.5. The van der Waals surface area contributed by atoms with Crippen molar-refractivity contribution in [2.75, 3.05) is 6.61 Å². The number of carbonyl (C=O) groups excluding carboxylic acids is 2. The van der Waals surface area contributed by atoms with E-state index in [1.807, 2.05) is 31.2 Å². The molecule has 7 nitrogen and oxygen atoms in total. The smallest absolute Gasteiger partial charge is 0.407 e. The zero-order valence-corrected chi connectivity index (χ0v) is 18.9. The van der Waals surface area contributed by atoms with Crippen LogP contribution in [0.25, 0.3) is 11.1 Å². The third kappa shape index (κ3) is 4.72. The molecular formula is C26H30N2O5. The van der Waals surface area contributed by atoms with Crippen LogP contribution in [0.1, 0.15) is 50.2 Å². The van der Waals surface area contributed by atoms with Crippen molar-refractivity contribution in [3.63, 3.8) is 0 Å². The minimum absolute atomic E-state index is 0.00317. The number of benzene rings is 2. The minimum atomic E-state index is -1.02. The van der Waals surface area contributed by atoms with Gasteiger partial charge in [-0.25, -0.2) is 9.59 Å². The predicted molar refractivity (Wildman–Crippen MR) is 124 cm³/mol. The van der Waals surface area contributed by atoms with Crippen molar-refractivity contribution in [2.24, 2.45) is 11.8 Å². The van der Waals surface area contributed by atoms with Gasteiger partial charge in [0.25, 0.3) is 0 Å². The summed E-state index contributed by atoms with van der Waals surface area (Å²) in [6, 6.07) is 15.3. The summed E-state index contributed by atoms with van der Waals surface area (Å²) in [5.41, 5.74) is 4.65. The van der Waals surface area contributed by atoms with Gasteiger partial charge in [-0.3, -0.25) is 4.79 Å². The largest absolute Gasteiger partial charge is 0.480 e. The molecule has 174 valence electrons. The lowest BCUT2D eigenvalue weighted by Crippen LogP contribution is -2.53. The van der Waals surface area contributed by atoms with Gasteiger partial charge in [-0.15, -0.1) is 0 Å². The fourth-order valence-electron chi connectivity index (χ4n) is 4.71. The van der Waals surface area contributed by atoms with E-state index in [9.17, 15) is 19.5 Å². The number of nitrogens with one attached hydrogen (secondary N) is 2. The Morgan fingerprint density at radius 1 is 1.03 bits per heavy atom. The van der Waals surface area contributed by atoms with Crippen LogP contribution in [0, 0.1) is 11.8 Å². The number of alkyl carbamates (subject to hydrolysis) is 1. The maximum absolute atomic E-state index is 12.4. The van der Waals surface area contributed by atoms with Crippen LogP contribution in [0.2, 0.25) is 0 Å². The number of fused-ring (bicyclic) bond motifs is 3. The van der Waals surface area contributed by atoms with Crippen LogP contribution in [0.15, 0.2) is 48.5 Å². The summed E-state index contributed by atoms with van der Waals surface area (Å²) in [5, 5.41) is 14.8. The van der Waals surface area contributed by atoms with Crippen molar-refractivity contribution in [1.82, 2.24) is 10.6 Å². The lowest BCUT2D eigenvalue weighted by Gasteiger charge is -2.35. The van der Waals surface area contributed by atoms with Crippen LogP contribution in [-0.2, 0) is 14.3 Å². The predicted octanol–water partition coefficient (Wildman–Crippen LogP) is 3.92. The number of carboxylic acids is 1. The zero-order chi connectivity index (χ0) is 23.5. The maximum Gasteiger partial charge on any atom is 0.407 e.